The van der Waals surface area contributed by atoms with Gasteiger partial charge in [0.05, 0.1) is 5.02 Å². The number of benzene rings is 1. The maximum Gasteiger partial charge on any atom is 0.161 e. The Morgan fingerprint density at radius 2 is 2.00 bits per heavy atom. The van der Waals surface area contributed by atoms with Crippen LogP contribution in [-0.2, 0) is 0 Å². The Bertz CT molecular complexity index is 629. The largest absolute Gasteiger partial charge is 0.370 e. The summed E-state index contributed by atoms with van der Waals surface area (Å²) in [6.07, 6.45) is 1.01. The summed E-state index contributed by atoms with van der Waals surface area (Å²) in [4.78, 5) is 9.04. The summed E-state index contributed by atoms with van der Waals surface area (Å²) in [6, 6.07) is 6.49. The van der Waals surface area contributed by atoms with Crippen LogP contribution in [0.2, 0.25) is 5.02 Å². The molecule has 0 saturated carbocycles. The van der Waals surface area contributed by atoms with Crippen LogP contribution in [0.25, 0.3) is 11.4 Å². The molecule has 3 nitrogen and oxygen atoms in total. The minimum Gasteiger partial charge on any atom is -0.370 e. The van der Waals surface area contributed by atoms with E-state index < -0.39 is 5.82 Å². The van der Waals surface area contributed by atoms with Gasteiger partial charge >= 0.3 is 0 Å². The van der Waals surface area contributed by atoms with Crippen LogP contribution in [-0.4, -0.2) is 16.5 Å². The molecule has 1 aromatic heterocycles. The number of halogens is 2. The van der Waals surface area contributed by atoms with Gasteiger partial charge in [0, 0.05) is 23.9 Å². The molecule has 0 saturated heterocycles. The molecule has 2 aromatic rings. The van der Waals surface area contributed by atoms with Crippen molar-refractivity contribution in [3.63, 3.8) is 0 Å². The van der Waals surface area contributed by atoms with E-state index in [1.165, 1.54) is 6.07 Å². The van der Waals surface area contributed by atoms with Crippen molar-refractivity contribution in [2.75, 3.05) is 11.9 Å². The number of nitrogens with zero attached hydrogens (tertiary/aromatic N) is 2. The lowest BCUT2D eigenvalue weighted by atomic mass is 10.1. The van der Waals surface area contributed by atoms with Crippen LogP contribution in [0.15, 0.2) is 24.3 Å². The maximum absolute atomic E-state index is 13.3. The second-order valence-electron chi connectivity index (χ2n) is 5.21. The lowest BCUT2D eigenvalue weighted by Gasteiger charge is -2.12. The van der Waals surface area contributed by atoms with E-state index in [1.54, 1.807) is 12.1 Å². The van der Waals surface area contributed by atoms with Crippen LogP contribution in [0.5, 0.6) is 0 Å². The third kappa shape index (κ3) is 3.91. The van der Waals surface area contributed by atoms with Crippen LogP contribution in [0, 0.1) is 5.82 Å². The van der Waals surface area contributed by atoms with Crippen molar-refractivity contribution in [2.24, 2.45) is 0 Å². The smallest absolute Gasteiger partial charge is 0.161 e. The number of rotatable bonds is 5. The predicted octanol–water partition coefficient (Wildman–Crippen LogP) is 4.88. The molecular formula is C16H19ClFN3. The average molecular weight is 308 g/mol. The van der Waals surface area contributed by atoms with Crippen molar-refractivity contribution in [3.8, 4) is 11.4 Å². The van der Waals surface area contributed by atoms with E-state index in [0.29, 0.717) is 11.4 Å². The lowest BCUT2D eigenvalue weighted by molar-refractivity contribution is 0.628. The molecular weight excluding hydrogens is 289 g/mol. The molecule has 0 radical (unpaired) electrons. The molecule has 2 rings (SSSR count). The molecule has 0 aliphatic carbocycles. The summed E-state index contributed by atoms with van der Waals surface area (Å²) < 4.78 is 13.3. The molecule has 1 heterocycles. The molecule has 1 aromatic carbocycles. The van der Waals surface area contributed by atoms with Crippen LogP contribution >= 0.6 is 11.6 Å². The van der Waals surface area contributed by atoms with E-state index in [-0.39, 0.29) is 10.9 Å². The minimum absolute atomic E-state index is 0.0779. The van der Waals surface area contributed by atoms with Gasteiger partial charge < -0.3 is 5.32 Å². The normalized spacial score (nSPS) is 11.0. The highest BCUT2D eigenvalue weighted by Gasteiger charge is 2.11. The molecule has 0 spiro atoms. The van der Waals surface area contributed by atoms with Gasteiger partial charge in [-0.3, -0.25) is 0 Å². The first-order valence-corrected chi connectivity index (χ1v) is 7.47. The van der Waals surface area contributed by atoms with Crippen LogP contribution in [0.1, 0.15) is 38.8 Å². The van der Waals surface area contributed by atoms with E-state index in [1.807, 2.05) is 6.07 Å². The van der Waals surface area contributed by atoms with E-state index >= 15 is 0 Å². The van der Waals surface area contributed by atoms with Gasteiger partial charge in [-0.2, -0.15) is 0 Å². The summed E-state index contributed by atoms with van der Waals surface area (Å²) in [5.74, 6) is 1.18. The quantitative estimate of drug-likeness (QED) is 0.855. The van der Waals surface area contributed by atoms with Gasteiger partial charge in [0.25, 0.3) is 0 Å². The molecule has 5 heteroatoms. The molecule has 0 unspecified atom stereocenters. The predicted molar refractivity (Wildman–Crippen MR) is 85.3 cm³/mol. The van der Waals surface area contributed by atoms with E-state index in [2.05, 4.69) is 36.1 Å². The third-order valence-corrected chi connectivity index (χ3v) is 3.36. The Labute approximate surface area is 129 Å². The summed E-state index contributed by atoms with van der Waals surface area (Å²) in [6.45, 7) is 7.09. The fraction of sp³-hybridized carbons (Fsp3) is 0.375. The molecule has 0 amide bonds. The van der Waals surface area contributed by atoms with Crippen molar-refractivity contribution in [1.29, 1.82) is 0 Å². The maximum atomic E-state index is 13.3. The Kier molecular flexibility index (Phi) is 5.12. The standard InChI is InChI=1S/C16H19ClFN3/c1-4-7-19-15-9-14(10(2)3)20-16(21-15)11-5-6-13(18)12(17)8-11/h5-6,8-10H,4,7H2,1-3H3,(H,19,20,21). The molecule has 0 atom stereocenters. The van der Waals surface area contributed by atoms with Crippen molar-refractivity contribution in [3.05, 3.63) is 40.8 Å². The molecule has 0 bridgehead atoms. The van der Waals surface area contributed by atoms with Crippen molar-refractivity contribution >= 4 is 17.4 Å². The second kappa shape index (κ2) is 6.85. The van der Waals surface area contributed by atoms with E-state index in [0.717, 1.165) is 24.5 Å². The lowest BCUT2D eigenvalue weighted by Crippen LogP contribution is -2.06. The highest BCUT2D eigenvalue weighted by molar-refractivity contribution is 6.31. The topological polar surface area (TPSA) is 37.8 Å². The summed E-state index contributed by atoms with van der Waals surface area (Å²) in [7, 11) is 0. The van der Waals surface area contributed by atoms with Crippen LogP contribution < -0.4 is 5.32 Å². The van der Waals surface area contributed by atoms with Gasteiger partial charge in [-0.25, -0.2) is 14.4 Å². The van der Waals surface area contributed by atoms with Gasteiger partial charge in [0.1, 0.15) is 11.6 Å². The third-order valence-electron chi connectivity index (χ3n) is 3.07. The van der Waals surface area contributed by atoms with Gasteiger partial charge in [0.2, 0.25) is 0 Å². The Balaban J connectivity index is 2.45. The second-order valence-corrected chi connectivity index (χ2v) is 5.62. The first-order valence-electron chi connectivity index (χ1n) is 7.09. The van der Waals surface area contributed by atoms with Gasteiger partial charge in [0.15, 0.2) is 5.82 Å². The van der Waals surface area contributed by atoms with Crippen LogP contribution in [0.3, 0.4) is 0 Å². The Morgan fingerprint density at radius 1 is 1.24 bits per heavy atom. The number of hydrogen-bond acceptors (Lipinski definition) is 3. The van der Waals surface area contributed by atoms with Crippen molar-refractivity contribution in [2.45, 2.75) is 33.1 Å². The Morgan fingerprint density at radius 3 is 2.62 bits per heavy atom. The van der Waals surface area contributed by atoms with Gasteiger partial charge in [-0.1, -0.05) is 32.4 Å². The number of anilines is 1. The highest BCUT2D eigenvalue weighted by Crippen LogP contribution is 2.25. The van der Waals surface area contributed by atoms with Crippen LogP contribution in [0.4, 0.5) is 10.2 Å². The zero-order valence-electron chi connectivity index (χ0n) is 12.5. The number of aromatic nitrogens is 2. The molecule has 0 aliphatic heterocycles. The zero-order valence-corrected chi connectivity index (χ0v) is 13.2. The van der Waals surface area contributed by atoms with E-state index in [9.17, 15) is 4.39 Å². The minimum atomic E-state index is -0.440. The van der Waals surface area contributed by atoms with Crippen molar-refractivity contribution < 1.29 is 4.39 Å². The Hall–Kier alpha value is -1.68. The summed E-state index contributed by atoms with van der Waals surface area (Å²) in [5, 5.41) is 3.35. The van der Waals surface area contributed by atoms with E-state index in [4.69, 9.17) is 11.6 Å². The zero-order chi connectivity index (χ0) is 15.4. The fourth-order valence-corrected chi connectivity index (χ4v) is 2.05. The summed E-state index contributed by atoms with van der Waals surface area (Å²) >= 11 is 5.84. The number of hydrogen-bond donors (Lipinski definition) is 1. The average Bonchev–Trinajstić information content (AvgIpc) is 2.47. The summed E-state index contributed by atoms with van der Waals surface area (Å²) in [5.41, 5.74) is 1.66. The fourth-order valence-electron chi connectivity index (χ4n) is 1.87. The SMILES string of the molecule is CCCNc1cc(C(C)C)nc(-c2ccc(F)c(Cl)c2)n1. The monoisotopic (exact) mass is 307 g/mol. The molecule has 21 heavy (non-hydrogen) atoms. The molecule has 1 N–H and O–H groups in total. The van der Waals surface area contributed by atoms with Crippen molar-refractivity contribution in [1.82, 2.24) is 9.97 Å². The molecule has 112 valence electrons. The first-order chi connectivity index (χ1) is 10.0. The number of nitrogens with one attached hydrogen (secondary N) is 1. The van der Waals surface area contributed by atoms with Gasteiger partial charge in [-0.15, -0.1) is 0 Å². The van der Waals surface area contributed by atoms with Gasteiger partial charge in [-0.05, 0) is 30.5 Å². The first kappa shape index (κ1) is 15.7. The molecule has 0 fully saturated rings. The highest BCUT2D eigenvalue weighted by atomic mass is 35.5. The molecule has 0 aliphatic rings.